The van der Waals surface area contributed by atoms with Crippen LogP contribution in [-0.4, -0.2) is 53.7 Å². The molecular weight excluding hydrogens is 587 g/mol. The maximum Gasteiger partial charge on any atom is 0.322 e. The van der Waals surface area contributed by atoms with E-state index in [1.807, 2.05) is 19.9 Å². The summed E-state index contributed by atoms with van der Waals surface area (Å²) >= 11 is 6.83. The third-order valence-electron chi connectivity index (χ3n) is 7.89. The number of nitrogens with one attached hydrogen (secondary N) is 1. The quantitative estimate of drug-likeness (QED) is 0.225. The average Bonchev–Trinajstić information content (AvgIpc) is 2.98. The van der Waals surface area contributed by atoms with Gasteiger partial charge in [-0.25, -0.2) is 9.37 Å². The summed E-state index contributed by atoms with van der Waals surface area (Å²) in [6, 6.07) is 11.6. The minimum absolute atomic E-state index is 0.0595. The van der Waals surface area contributed by atoms with Crippen molar-refractivity contribution in [3.8, 4) is 16.9 Å². The molecule has 0 radical (unpaired) electrons. The molecule has 0 atom stereocenters. The van der Waals surface area contributed by atoms with E-state index in [9.17, 15) is 19.2 Å². The Balaban J connectivity index is 1.68. The van der Waals surface area contributed by atoms with Crippen molar-refractivity contribution >= 4 is 39.6 Å². The van der Waals surface area contributed by atoms with Gasteiger partial charge in [0.25, 0.3) is 0 Å². The first kappa shape index (κ1) is 29.2. The number of alkyl halides is 1. The number of aromatic nitrogens is 5. The monoisotopic (exact) mass is 614 g/mol. The van der Waals surface area contributed by atoms with Gasteiger partial charge >= 0.3 is 11.1 Å². The molecule has 10 nitrogen and oxygen atoms in total. The van der Waals surface area contributed by atoms with Gasteiger partial charge in [0.2, 0.25) is 11.5 Å². The van der Waals surface area contributed by atoms with Crippen molar-refractivity contribution in [2.45, 2.75) is 38.9 Å². The van der Waals surface area contributed by atoms with E-state index in [4.69, 9.17) is 16.6 Å². The number of carbonyl (C=O) groups is 1. The number of aromatic amines is 1. The minimum Gasteiger partial charge on any atom is -0.332 e. The summed E-state index contributed by atoms with van der Waals surface area (Å²) < 4.78 is 18.2. The highest BCUT2D eigenvalue weighted by Gasteiger charge is 2.46. The van der Waals surface area contributed by atoms with Gasteiger partial charge in [-0.2, -0.15) is 0 Å². The molecule has 1 aliphatic heterocycles. The van der Waals surface area contributed by atoms with Crippen LogP contribution in [0.3, 0.4) is 0 Å². The molecule has 0 aliphatic carbocycles. The van der Waals surface area contributed by atoms with E-state index in [2.05, 4.69) is 16.5 Å². The fourth-order valence-corrected chi connectivity index (χ4v) is 6.02. The molecule has 0 saturated carbocycles. The van der Waals surface area contributed by atoms with Crippen LogP contribution < -0.4 is 16.7 Å². The van der Waals surface area contributed by atoms with Gasteiger partial charge in [-0.05, 0) is 48.1 Å². The number of pyridine rings is 3. The van der Waals surface area contributed by atoms with Gasteiger partial charge in [0.15, 0.2) is 11.3 Å². The van der Waals surface area contributed by atoms with Crippen molar-refractivity contribution < 1.29 is 9.18 Å². The molecule has 0 unspecified atom stereocenters. The second-order valence-electron chi connectivity index (χ2n) is 11.4. The Morgan fingerprint density at radius 3 is 2.61 bits per heavy atom. The normalized spacial score (nSPS) is 14.3. The number of aryl methyl sites for hydroxylation is 1. The van der Waals surface area contributed by atoms with Crippen LogP contribution in [0, 0.1) is 6.92 Å². The number of H-pyrrole nitrogens is 1. The number of carbonyl (C=O) groups excluding carboxylic acids is 1. The molecule has 5 aromatic rings. The van der Waals surface area contributed by atoms with Gasteiger partial charge in [0, 0.05) is 17.8 Å². The minimum atomic E-state index is -1.97. The second kappa shape index (κ2) is 10.7. The topological polar surface area (TPSA) is 123 Å². The zero-order chi connectivity index (χ0) is 31.5. The first-order valence-electron chi connectivity index (χ1n) is 14.0. The molecule has 6 rings (SSSR count). The highest BCUT2D eigenvalue weighted by molar-refractivity contribution is 6.34. The summed E-state index contributed by atoms with van der Waals surface area (Å²) in [7, 11) is 0. The van der Waals surface area contributed by atoms with Crippen LogP contribution in [0.5, 0.6) is 0 Å². The molecule has 5 heterocycles. The lowest BCUT2D eigenvalue weighted by Crippen LogP contribution is -2.63. The van der Waals surface area contributed by atoms with Crippen LogP contribution in [0.1, 0.15) is 31.0 Å². The molecule has 0 spiro atoms. The predicted octanol–water partition coefficient (Wildman–Crippen LogP) is 4.27. The predicted molar refractivity (Wildman–Crippen MR) is 167 cm³/mol. The van der Waals surface area contributed by atoms with Crippen LogP contribution in [0.25, 0.3) is 39.0 Å². The number of amides is 1. The Kier molecular flexibility index (Phi) is 7.08. The van der Waals surface area contributed by atoms with Gasteiger partial charge in [-0.1, -0.05) is 50.2 Å². The lowest BCUT2D eigenvalue weighted by Gasteiger charge is -2.44. The smallest absolute Gasteiger partial charge is 0.322 e. The molecular formula is C32H28ClFN6O4. The number of hydrogen-bond acceptors (Lipinski definition) is 6. The average molecular weight is 615 g/mol. The fraction of sp³-hybridized carbons (Fsp3) is 0.250. The highest BCUT2D eigenvalue weighted by atomic mass is 35.5. The summed E-state index contributed by atoms with van der Waals surface area (Å²) in [6.07, 6.45) is 2.72. The highest BCUT2D eigenvalue weighted by Crippen LogP contribution is 2.35. The summed E-state index contributed by atoms with van der Waals surface area (Å²) in [4.78, 5) is 65.5. The van der Waals surface area contributed by atoms with E-state index < -0.39 is 29.2 Å². The maximum absolute atomic E-state index is 15.9. The third kappa shape index (κ3) is 4.73. The Morgan fingerprint density at radius 2 is 1.91 bits per heavy atom. The summed E-state index contributed by atoms with van der Waals surface area (Å²) in [5.41, 5.74) is -1.14. The van der Waals surface area contributed by atoms with Gasteiger partial charge in [0.1, 0.15) is 0 Å². The van der Waals surface area contributed by atoms with E-state index in [1.165, 1.54) is 21.6 Å². The summed E-state index contributed by atoms with van der Waals surface area (Å²) in [5.74, 6) is -0.552. The Hall–Kier alpha value is -4.90. The van der Waals surface area contributed by atoms with E-state index in [-0.39, 0.29) is 46.4 Å². The largest absolute Gasteiger partial charge is 0.332 e. The standard InChI is InChI=1S/C32H28ClFN6O4/c1-5-24(42)38-14-32(34,15-38)16-39-22-13-21(33)27(20-8-6-7-19-9-10-23(41)36-26(19)20)37-29(22)40(31(44)30(39)43)28-18(4)11-12-35-25(28)17(2)3/h5-13,17H,1,14-16H2,2-4H3,(H,36,41). The number of halogens is 2. The van der Waals surface area contributed by atoms with Crippen LogP contribution in [0.2, 0.25) is 5.02 Å². The SMILES string of the molecule is C=CC(=O)N1CC(F)(Cn2c(=O)c(=O)n(-c3c(C)ccnc3C(C)C)c3nc(-c4cccc5ccc(=O)[nH]c45)c(Cl)cc32)C1. The van der Waals surface area contributed by atoms with Crippen molar-refractivity contribution in [2.24, 2.45) is 0 Å². The number of benzene rings is 1. The molecule has 224 valence electrons. The molecule has 1 N–H and O–H groups in total. The Bertz CT molecular complexity index is 2200. The number of hydrogen-bond donors (Lipinski definition) is 1. The van der Waals surface area contributed by atoms with Crippen LogP contribution in [0.15, 0.2) is 75.7 Å². The lowest BCUT2D eigenvalue weighted by atomic mass is 9.95. The van der Waals surface area contributed by atoms with Crippen molar-refractivity contribution in [2.75, 3.05) is 13.1 Å². The van der Waals surface area contributed by atoms with Gasteiger partial charge < -0.3 is 9.88 Å². The number of nitrogens with zero attached hydrogens (tertiary/aromatic N) is 5. The zero-order valence-electron chi connectivity index (χ0n) is 24.2. The third-order valence-corrected chi connectivity index (χ3v) is 8.17. The first-order valence-corrected chi connectivity index (χ1v) is 14.3. The van der Waals surface area contributed by atoms with Crippen LogP contribution in [0.4, 0.5) is 4.39 Å². The molecule has 1 aliphatic rings. The molecule has 4 aromatic heterocycles. The molecule has 0 bridgehead atoms. The summed E-state index contributed by atoms with van der Waals surface area (Å²) in [6.45, 7) is 8.04. The zero-order valence-corrected chi connectivity index (χ0v) is 25.0. The molecule has 1 amide bonds. The van der Waals surface area contributed by atoms with Crippen molar-refractivity contribution in [1.82, 2.24) is 29.0 Å². The molecule has 12 heteroatoms. The van der Waals surface area contributed by atoms with Crippen molar-refractivity contribution in [3.63, 3.8) is 0 Å². The number of likely N-dealkylation sites (tertiary alicyclic amines) is 1. The van der Waals surface area contributed by atoms with Gasteiger partial charge in [-0.15, -0.1) is 0 Å². The fourth-order valence-electron chi connectivity index (χ4n) is 5.77. The van der Waals surface area contributed by atoms with Crippen LogP contribution >= 0.6 is 11.6 Å². The molecule has 1 fully saturated rings. The van der Waals surface area contributed by atoms with Crippen LogP contribution in [-0.2, 0) is 11.3 Å². The number of para-hydroxylation sites is 1. The summed E-state index contributed by atoms with van der Waals surface area (Å²) in [5, 5.41) is 0.848. The Morgan fingerprint density at radius 1 is 1.16 bits per heavy atom. The molecule has 1 saturated heterocycles. The van der Waals surface area contributed by atoms with E-state index in [0.717, 1.165) is 16.0 Å². The second-order valence-corrected chi connectivity index (χ2v) is 11.8. The van der Waals surface area contributed by atoms with E-state index in [0.29, 0.717) is 28.0 Å². The molecule has 1 aromatic carbocycles. The van der Waals surface area contributed by atoms with E-state index >= 15 is 4.39 Å². The van der Waals surface area contributed by atoms with Gasteiger partial charge in [-0.3, -0.25) is 33.3 Å². The number of rotatable bonds is 6. The van der Waals surface area contributed by atoms with Gasteiger partial charge in [0.05, 0.1) is 52.8 Å². The van der Waals surface area contributed by atoms with E-state index in [1.54, 1.807) is 37.4 Å². The first-order chi connectivity index (χ1) is 20.9. The van der Waals surface area contributed by atoms with Crippen molar-refractivity contribution in [1.29, 1.82) is 0 Å². The van der Waals surface area contributed by atoms with Crippen molar-refractivity contribution in [3.05, 3.63) is 109 Å². The maximum atomic E-state index is 15.9. The molecule has 44 heavy (non-hydrogen) atoms. The Labute approximate surface area is 255 Å². The lowest BCUT2D eigenvalue weighted by molar-refractivity contribution is -0.141. The number of fused-ring (bicyclic) bond motifs is 2.